The summed E-state index contributed by atoms with van der Waals surface area (Å²) in [5, 5.41) is 23.1. The lowest BCUT2D eigenvalue weighted by molar-refractivity contribution is -0.0303. The Morgan fingerprint density at radius 3 is 2.50 bits per heavy atom. The highest BCUT2D eigenvalue weighted by molar-refractivity contribution is 4.81. The topological polar surface area (TPSA) is 61.7 Å². The van der Waals surface area contributed by atoms with Crippen LogP contribution >= 0.6 is 0 Å². The minimum absolute atomic E-state index is 0.147. The highest BCUT2D eigenvalue weighted by atomic mass is 16.5. The Morgan fingerprint density at radius 2 is 1.80 bits per heavy atom. The van der Waals surface area contributed by atoms with Crippen LogP contribution < -0.4 is 5.32 Å². The molecule has 3 unspecified atom stereocenters. The van der Waals surface area contributed by atoms with Crippen LogP contribution in [0.2, 0.25) is 0 Å². The highest BCUT2D eigenvalue weighted by Crippen LogP contribution is 2.25. The minimum Gasteiger partial charge on any atom is -0.392 e. The van der Waals surface area contributed by atoms with Gasteiger partial charge in [0.1, 0.15) is 0 Å². The van der Waals surface area contributed by atoms with Gasteiger partial charge in [-0.1, -0.05) is 19.8 Å². The van der Waals surface area contributed by atoms with Crippen LogP contribution in [0.25, 0.3) is 0 Å². The lowest BCUT2D eigenvalue weighted by Crippen LogP contribution is -2.46. The molecule has 2 saturated carbocycles. The quantitative estimate of drug-likeness (QED) is 0.697. The van der Waals surface area contributed by atoms with Gasteiger partial charge >= 0.3 is 0 Å². The summed E-state index contributed by atoms with van der Waals surface area (Å²) in [5.74, 6) is 0.828. The molecule has 0 aromatic rings. The summed E-state index contributed by atoms with van der Waals surface area (Å²) in [5.41, 5.74) is 0. The average molecular weight is 285 g/mol. The molecule has 4 nitrogen and oxygen atoms in total. The molecule has 4 heteroatoms. The Bertz CT molecular complexity index is 266. The molecule has 0 saturated heterocycles. The van der Waals surface area contributed by atoms with Gasteiger partial charge in [0.25, 0.3) is 0 Å². The van der Waals surface area contributed by atoms with Gasteiger partial charge in [-0.3, -0.25) is 0 Å². The zero-order chi connectivity index (χ0) is 14.4. The third-order valence-corrected chi connectivity index (χ3v) is 4.83. The van der Waals surface area contributed by atoms with Crippen molar-refractivity contribution in [2.45, 2.75) is 82.6 Å². The average Bonchev–Trinajstić information content (AvgIpc) is 2.46. The van der Waals surface area contributed by atoms with Crippen LogP contribution in [0.1, 0.15) is 58.3 Å². The van der Waals surface area contributed by atoms with Crippen LogP contribution in [-0.4, -0.2) is 47.7 Å². The van der Waals surface area contributed by atoms with E-state index >= 15 is 0 Å². The van der Waals surface area contributed by atoms with Crippen molar-refractivity contribution in [1.82, 2.24) is 5.32 Å². The zero-order valence-corrected chi connectivity index (χ0v) is 12.8. The van der Waals surface area contributed by atoms with E-state index in [9.17, 15) is 10.2 Å². The fourth-order valence-electron chi connectivity index (χ4n) is 3.34. The molecule has 20 heavy (non-hydrogen) atoms. The molecule has 2 aliphatic rings. The Labute approximate surface area is 122 Å². The molecule has 0 amide bonds. The second-order valence-corrected chi connectivity index (χ2v) is 6.74. The molecule has 2 fully saturated rings. The number of hydrogen-bond acceptors (Lipinski definition) is 4. The molecule has 0 aromatic carbocycles. The lowest BCUT2D eigenvalue weighted by Gasteiger charge is -2.30. The van der Waals surface area contributed by atoms with Crippen LogP contribution in [0.15, 0.2) is 0 Å². The largest absolute Gasteiger partial charge is 0.392 e. The van der Waals surface area contributed by atoms with Crippen molar-refractivity contribution in [1.29, 1.82) is 0 Å². The van der Waals surface area contributed by atoms with Gasteiger partial charge in [0, 0.05) is 12.6 Å². The van der Waals surface area contributed by atoms with Crippen LogP contribution in [0.5, 0.6) is 0 Å². The summed E-state index contributed by atoms with van der Waals surface area (Å²) in [6.07, 6.45) is 8.53. The van der Waals surface area contributed by atoms with Crippen molar-refractivity contribution < 1.29 is 14.9 Å². The second kappa shape index (κ2) is 8.32. The molecule has 2 rings (SSSR count). The Kier molecular flexibility index (Phi) is 6.75. The van der Waals surface area contributed by atoms with Gasteiger partial charge in [0.2, 0.25) is 0 Å². The first-order chi connectivity index (χ1) is 9.65. The monoisotopic (exact) mass is 285 g/mol. The molecule has 118 valence electrons. The minimum atomic E-state index is -0.469. The zero-order valence-electron chi connectivity index (χ0n) is 12.8. The fraction of sp³-hybridized carbons (Fsp3) is 1.00. The van der Waals surface area contributed by atoms with E-state index in [0.29, 0.717) is 19.3 Å². The van der Waals surface area contributed by atoms with Gasteiger partial charge in [-0.05, 0) is 44.4 Å². The van der Waals surface area contributed by atoms with Gasteiger partial charge in [-0.15, -0.1) is 0 Å². The number of rotatable bonds is 6. The third kappa shape index (κ3) is 5.32. The first kappa shape index (κ1) is 16.2. The second-order valence-electron chi connectivity index (χ2n) is 6.74. The smallest absolute Gasteiger partial charge is 0.0897 e. The molecule has 3 N–H and O–H groups in total. The van der Waals surface area contributed by atoms with E-state index in [2.05, 4.69) is 12.2 Å². The maximum Gasteiger partial charge on any atom is 0.0897 e. The van der Waals surface area contributed by atoms with E-state index in [1.165, 1.54) is 19.3 Å². The molecular weight excluding hydrogens is 254 g/mol. The van der Waals surface area contributed by atoms with E-state index in [1.54, 1.807) is 0 Å². The van der Waals surface area contributed by atoms with E-state index in [1.807, 2.05) is 0 Å². The predicted molar refractivity (Wildman–Crippen MR) is 79.6 cm³/mol. The maximum absolute atomic E-state index is 9.98. The maximum atomic E-state index is 9.98. The number of aliphatic hydroxyl groups excluding tert-OH is 2. The molecule has 0 radical (unpaired) electrons. The van der Waals surface area contributed by atoms with E-state index in [4.69, 9.17) is 4.74 Å². The van der Waals surface area contributed by atoms with Crippen molar-refractivity contribution in [3.8, 4) is 0 Å². The fourth-order valence-corrected chi connectivity index (χ4v) is 3.34. The normalized spacial score (nSPS) is 36.8. The summed E-state index contributed by atoms with van der Waals surface area (Å²) in [6.45, 7) is 3.23. The Balaban J connectivity index is 1.57. The number of ether oxygens (including phenoxy) is 1. The Morgan fingerprint density at radius 1 is 1.10 bits per heavy atom. The summed E-state index contributed by atoms with van der Waals surface area (Å²) in [4.78, 5) is 0. The molecule has 2 aliphatic carbocycles. The molecule has 3 atom stereocenters. The number of aliphatic hydroxyl groups is 2. The standard InChI is InChI=1S/C16H31NO3/c1-12-6-8-14(9-7-12)20-11-13(18)10-17-15-4-2-3-5-16(15)19/h12-19H,2-11H2,1H3. The van der Waals surface area contributed by atoms with E-state index in [0.717, 1.165) is 38.0 Å². The first-order valence-electron chi connectivity index (χ1n) is 8.36. The van der Waals surface area contributed by atoms with Crippen LogP contribution in [0, 0.1) is 5.92 Å². The summed E-state index contributed by atoms with van der Waals surface area (Å²) in [6, 6.07) is 0.147. The van der Waals surface area contributed by atoms with Crippen LogP contribution in [-0.2, 0) is 4.74 Å². The summed E-state index contributed by atoms with van der Waals surface area (Å²) >= 11 is 0. The molecule has 0 aliphatic heterocycles. The third-order valence-electron chi connectivity index (χ3n) is 4.83. The van der Waals surface area contributed by atoms with Crippen LogP contribution in [0.3, 0.4) is 0 Å². The van der Waals surface area contributed by atoms with E-state index in [-0.39, 0.29) is 12.1 Å². The van der Waals surface area contributed by atoms with Crippen molar-refractivity contribution in [3.63, 3.8) is 0 Å². The van der Waals surface area contributed by atoms with Gasteiger partial charge in [-0.25, -0.2) is 0 Å². The van der Waals surface area contributed by atoms with E-state index < -0.39 is 6.10 Å². The van der Waals surface area contributed by atoms with Crippen LogP contribution in [0.4, 0.5) is 0 Å². The van der Waals surface area contributed by atoms with Crippen molar-refractivity contribution in [2.24, 2.45) is 5.92 Å². The molecule has 0 aromatic heterocycles. The van der Waals surface area contributed by atoms with Gasteiger partial charge in [0.15, 0.2) is 0 Å². The summed E-state index contributed by atoms with van der Waals surface area (Å²) in [7, 11) is 0. The lowest BCUT2D eigenvalue weighted by atomic mass is 9.89. The number of hydrogen-bond donors (Lipinski definition) is 3. The van der Waals surface area contributed by atoms with Gasteiger partial charge in [-0.2, -0.15) is 0 Å². The highest BCUT2D eigenvalue weighted by Gasteiger charge is 2.24. The van der Waals surface area contributed by atoms with Gasteiger partial charge in [0.05, 0.1) is 24.9 Å². The van der Waals surface area contributed by atoms with Gasteiger partial charge < -0.3 is 20.3 Å². The molecule has 0 spiro atoms. The predicted octanol–water partition coefficient (Wildman–Crippen LogP) is 1.84. The number of nitrogens with one attached hydrogen (secondary N) is 1. The van der Waals surface area contributed by atoms with Crippen molar-refractivity contribution in [2.75, 3.05) is 13.2 Å². The van der Waals surface area contributed by atoms with Crippen molar-refractivity contribution in [3.05, 3.63) is 0 Å². The summed E-state index contributed by atoms with van der Waals surface area (Å²) < 4.78 is 5.81. The van der Waals surface area contributed by atoms with Crippen molar-refractivity contribution >= 4 is 0 Å². The first-order valence-corrected chi connectivity index (χ1v) is 8.36. The molecule has 0 bridgehead atoms. The molecule has 0 heterocycles. The molecular formula is C16H31NO3. The SMILES string of the molecule is CC1CCC(OCC(O)CNC2CCCCC2O)CC1. The Hall–Kier alpha value is -0.160.